The second-order valence-corrected chi connectivity index (χ2v) is 5.82. The summed E-state index contributed by atoms with van der Waals surface area (Å²) in [4.78, 5) is 24.4. The Hall–Kier alpha value is -0.910. The van der Waals surface area contributed by atoms with Crippen molar-refractivity contribution < 1.29 is 14.3 Å². The van der Waals surface area contributed by atoms with Crippen molar-refractivity contribution in [3.8, 4) is 0 Å². The Kier molecular flexibility index (Phi) is 4.07. The molecule has 1 rings (SSSR count). The summed E-state index contributed by atoms with van der Waals surface area (Å²) in [5, 5.41) is 0. The van der Waals surface area contributed by atoms with Gasteiger partial charge in [0.15, 0.2) is 0 Å². The van der Waals surface area contributed by atoms with Crippen molar-refractivity contribution >= 4 is 23.8 Å². The van der Waals surface area contributed by atoms with Gasteiger partial charge in [0.05, 0.1) is 0 Å². The van der Waals surface area contributed by atoms with E-state index in [-0.39, 0.29) is 0 Å². The maximum absolute atomic E-state index is 11.8. The Labute approximate surface area is 99.7 Å². The lowest BCUT2D eigenvalue weighted by Gasteiger charge is -2.34. The number of nitrogens with zero attached hydrogens (tertiary/aromatic N) is 1. The number of carbonyl (C=O) groups is 2. The molecule has 1 unspecified atom stereocenters. The summed E-state index contributed by atoms with van der Waals surface area (Å²) in [7, 11) is 0. The summed E-state index contributed by atoms with van der Waals surface area (Å²) >= 11 is 1.62. The van der Waals surface area contributed by atoms with Crippen molar-refractivity contribution in [2.75, 3.05) is 18.1 Å². The van der Waals surface area contributed by atoms with Crippen LogP contribution in [0.15, 0.2) is 0 Å². The number of primary amides is 1. The number of nitrogens with two attached hydrogens (primary N) is 1. The molecule has 5 nitrogen and oxygen atoms in total. The molecule has 16 heavy (non-hydrogen) atoms. The summed E-state index contributed by atoms with van der Waals surface area (Å²) in [5.74, 6) is 0.885. The molecule has 2 N–H and O–H groups in total. The average Bonchev–Trinajstić information content (AvgIpc) is 2.15. The summed E-state index contributed by atoms with van der Waals surface area (Å²) in [6.45, 7) is 5.89. The van der Waals surface area contributed by atoms with Gasteiger partial charge in [0.25, 0.3) is 0 Å². The summed E-state index contributed by atoms with van der Waals surface area (Å²) in [5.41, 5.74) is 4.71. The fourth-order valence-corrected chi connectivity index (χ4v) is 2.44. The molecule has 1 saturated heterocycles. The first-order valence-electron chi connectivity index (χ1n) is 5.18. The molecule has 1 atom stereocenters. The van der Waals surface area contributed by atoms with Gasteiger partial charge in [-0.05, 0) is 20.8 Å². The first-order valence-corrected chi connectivity index (χ1v) is 6.33. The van der Waals surface area contributed by atoms with Crippen LogP contribution in [0.4, 0.5) is 4.79 Å². The molecule has 0 spiro atoms. The minimum Gasteiger partial charge on any atom is -0.444 e. The van der Waals surface area contributed by atoms with Gasteiger partial charge in [0, 0.05) is 18.1 Å². The van der Waals surface area contributed by atoms with Gasteiger partial charge in [-0.2, -0.15) is 11.8 Å². The molecule has 6 heteroatoms. The van der Waals surface area contributed by atoms with Crippen molar-refractivity contribution in [2.24, 2.45) is 5.73 Å². The van der Waals surface area contributed by atoms with E-state index in [2.05, 4.69) is 0 Å². The van der Waals surface area contributed by atoms with E-state index in [1.54, 1.807) is 32.5 Å². The highest BCUT2D eigenvalue weighted by molar-refractivity contribution is 7.99. The second-order valence-electron chi connectivity index (χ2n) is 4.67. The van der Waals surface area contributed by atoms with E-state index in [0.717, 1.165) is 5.75 Å². The van der Waals surface area contributed by atoms with Gasteiger partial charge in [-0.3, -0.25) is 9.69 Å². The Morgan fingerprint density at radius 1 is 1.44 bits per heavy atom. The molecule has 2 amide bonds. The molecule has 0 bridgehead atoms. The minimum absolute atomic E-state index is 0.461. The normalized spacial score (nSPS) is 21.7. The summed E-state index contributed by atoms with van der Waals surface area (Å²) in [6.07, 6.45) is -0.461. The lowest BCUT2D eigenvalue weighted by molar-refractivity contribution is -0.122. The van der Waals surface area contributed by atoms with Crippen molar-refractivity contribution in [3.63, 3.8) is 0 Å². The van der Waals surface area contributed by atoms with Gasteiger partial charge in [-0.15, -0.1) is 0 Å². The van der Waals surface area contributed by atoms with Crippen LogP contribution in [-0.4, -0.2) is 46.6 Å². The van der Waals surface area contributed by atoms with Gasteiger partial charge in [0.1, 0.15) is 11.6 Å². The standard InChI is InChI=1S/C10H18N2O3S/c1-10(2,3)15-9(14)12-4-5-16-6-7(12)8(11)13/h7H,4-6H2,1-3H3,(H2,11,13). The zero-order chi connectivity index (χ0) is 12.3. The van der Waals surface area contributed by atoms with Gasteiger partial charge in [0.2, 0.25) is 5.91 Å². The van der Waals surface area contributed by atoms with Crippen LogP contribution in [0.5, 0.6) is 0 Å². The molecule has 1 aliphatic rings. The van der Waals surface area contributed by atoms with Crippen molar-refractivity contribution in [3.05, 3.63) is 0 Å². The third-order valence-electron chi connectivity index (χ3n) is 2.08. The van der Waals surface area contributed by atoms with Gasteiger partial charge in [-0.1, -0.05) is 0 Å². The Morgan fingerprint density at radius 3 is 2.56 bits per heavy atom. The highest BCUT2D eigenvalue weighted by atomic mass is 32.2. The van der Waals surface area contributed by atoms with Crippen LogP contribution in [-0.2, 0) is 9.53 Å². The highest BCUT2D eigenvalue weighted by Crippen LogP contribution is 2.19. The fourth-order valence-electron chi connectivity index (χ4n) is 1.38. The third kappa shape index (κ3) is 3.59. The topological polar surface area (TPSA) is 72.6 Å². The molecule has 0 aromatic carbocycles. The van der Waals surface area contributed by atoms with Crippen LogP contribution in [0.1, 0.15) is 20.8 Å². The van der Waals surface area contributed by atoms with Gasteiger partial charge >= 0.3 is 6.09 Å². The van der Waals surface area contributed by atoms with Crippen LogP contribution < -0.4 is 5.73 Å². The second kappa shape index (κ2) is 4.95. The molecule has 1 heterocycles. The van der Waals surface area contributed by atoms with E-state index in [1.165, 1.54) is 4.90 Å². The predicted molar refractivity (Wildman–Crippen MR) is 63.2 cm³/mol. The van der Waals surface area contributed by atoms with E-state index >= 15 is 0 Å². The maximum atomic E-state index is 11.8. The number of thioether (sulfide) groups is 1. The number of amides is 2. The SMILES string of the molecule is CC(C)(C)OC(=O)N1CCSCC1C(N)=O. The summed E-state index contributed by atoms with van der Waals surface area (Å²) in [6, 6.07) is -0.548. The number of carbonyl (C=O) groups excluding carboxylic acids is 2. The van der Waals surface area contributed by atoms with Gasteiger partial charge in [-0.25, -0.2) is 4.79 Å². The fraction of sp³-hybridized carbons (Fsp3) is 0.800. The lowest BCUT2D eigenvalue weighted by atomic mass is 10.2. The Bertz CT molecular complexity index is 288. The largest absolute Gasteiger partial charge is 0.444 e. The molecule has 1 aliphatic heterocycles. The average molecular weight is 246 g/mol. The molecule has 0 aliphatic carbocycles. The lowest BCUT2D eigenvalue weighted by Crippen LogP contribution is -2.53. The zero-order valence-corrected chi connectivity index (χ0v) is 10.7. The van der Waals surface area contributed by atoms with Crippen molar-refractivity contribution in [1.82, 2.24) is 4.90 Å². The number of hydrogen-bond donors (Lipinski definition) is 1. The van der Waals surface area contributed by atoms with Gasteiger partial charge < -0.3 is 10.5 Å². The first kappa shape index (κ1) is 13.2. The number of ether oxygens (including phenoxy) is 1. The van der Waals surface area contributed by atoms with Crippen LogP contribution in [0.25, 0.3) is 0 Å². The monoisotopic (exact) mass is 246 g/mol. The van der Waals surface area contributed by atoms with E-state index in [1.807, 2.05) is 0 Å². The molecular formula is C10H18N2O3S. The van der Waals surface area contributed by atoms with Crippen molar-refractivity contribution in [1.29, 1.82) is 0 Å². The van der Waals surface area contributed by atoms with E-state index in [0.29, 0.717) is 12.3 Å². The molecular weight excluding hydrogens is 228 g/mol. The zero-order valence-electron chi connectivity index (χ0n) is 9.86. The van der Waals surface area contributed by atoms with Crippen LogP contribution in [0, 0.1) is 0 Å². The number of hydrogen-bond acceptors (Lipinski definition) is 4. The summed E-state index contributed by atoms with van der Waals surface area (Å²) < 4.78 is 5.23. The van der Waals surface area contributed by atoms with E-state index in [9.17, 15) is 9.59 Å². The van der Waals surface area contributed by atoms with Crippen LogP contribution >= 0.6 is 11.8 Å². The Balaban J connectivity index is 2.68. The molecule has 0 radical (unpaired) electrons. The van der Waals surface area contributed by atoms with Crippen molar-refractivity contribution in [2.45, 2.75) is 32.4 Å². The predicted octanol–water partition coefficient (Wildman–Crippen LogP) is 0.824. The maximum Gasteiger partial charge on any atom is 0.411 e. The molecule has 0 aromatic rings. The first-order chi connectivity index (χ1) is 7.31. The highest BCUT2D eigenvalue weighted by Gasteiger charge is 2.33. The van der Waals surface area contributed by atoms with E-state index < -0.39 is 23.6 Å². The molecule has 0 aromatic heterocycles. The van der Waals surface area contributed by atoms with Crippen LogP contribution in [0.3, 0.4) is 0 Å². The third-order valence-corrected chi connectivity index (χ3v) is 3.11. The quantitative estimate of drug-likeness (QED) is 0.743. The molecule has 92 valence electrons. The number of rotatable bonds is 1. The van der Waals surface area contributed by atoms with E-state index in [4.69, 9.17) is 10.5 Å². The molecule has 1 fully saturated rings. The van der Waals surface area contributed by atoms with Crippen LogP contribution in [0.2, 0.25) is 0 Å². The Morgan fingerprint density at radius 2 is 2.06 bits per heavy atom. The smallest absolute Gasteiger partial charge is 0.411 e. The minimum atomic E-state index is -0.552. The molecule has 0 saturated carbocycles.